The SMILES string of the molecule is CC1CNC(=O)C(CC#N)N1c1ccccc1Br. The van der Waals surface area contributed by atoms with Crippen molar-refractivity contribution in [3.05, 3.63) is 28.7 Å². The number of para-hydroxylation sites is 1. The molecule has 1 aliphatic heterocycles. The number of hydrogen-bond acceptors (Lipinski definition) is 3. The summed E-state index contributed by atoms with van der Waals surface area (Å²) in [4.78, 5) is 13.9. The Labute approximate surface area is 115 Å². The molecule has 0 saturated carbocycles. The smallest absolute Gasteiger partial charge is 0.243 e. The fourth-order valence-electron chi connectivity index (χ4n) is 2.24. The quantitative estimate of drug-likeness (QED) is 0.910. The second-order valence-corrected chi connectivity index (χ2v) is 5.19. The number of hydrogen-bond donors (Lipinski definition) is 1. The van der Waals surface area contributed by atoms with E-state index in [1.807, 2.05) is 36.1 Å². The van der Waals surface area contributed by atoms with Crippen LogP contribution in [0.3, 0.4) is 0 Å². The van der Waals surface area contributed by atoms with Gasteiger partial charge in [-0.1, -0.05) is 12.1 Å². The maximum absolute atomic E-state index is 11.9. The van der Waals surface area contributed by atoms with E-state index in [-0.39, 0.29) is 18.4 Å². The molecule has 4 nitrogen and oxygen atoms in total. The molecule has 0 spiro atoms. The number of anilines is 1. The van der Waals surface area contributed by atoms with E-state index >= 15 is 0 Å². The van der Waals surface area contributed by atoms with E-state index in [1.54, 1.807) is 0 Å². The van der Waals surface area contributed by atoms with Crippen LogP contribution in [0.1, 0.15) is 13.3 Å². The van der Waals surface area contributed by atoms with Crippen LogP contribution in [-0.4, -0.2) is 24.5 Å². The third kappa shape index (κ3) is 2.34. The predicted molar refractivity (Wildman–Crippen MR) is 73.1 cm³/mol. The van der Waals surface area contributed by atoms with Gasteiger partial charge < -0.3 is 10.2 Å². The number of nitrogens with zero attached hydrogens (tertiary/aromatic N) is 2. The molecule has 0 aromatic heterocycles. The largest absolute Gasteiger partial charge is 0.353 e. The highest BCUT2D eigenvalue weighted by Crippen LogP contribution is 2.31. The van der Waals surface area contributed by atoms with Crippen LogP contribution in [0.15, 0.2) is 28.7 Å². The molecule has 2 rings (SSSR count). The second kappa shape index (κ2) is 5.40. The van der Waals surface area contributed by atoms with E-state index in [1.165, 1.54) is 0 Å². The molecule has 1 N–H and O–H groups in total. The van der Waals surface area contributed by atoms with E-state index in [0.717, 1.165) is 10.2 Å². The van der Waals surface area contributed by atoms with E-state index in [4.69, 9.17) is 5.26 Å². The van der Waals surface area contributed by atoms with Crippen LogP contribution in [0.4, 0.5) is 5.69 Å². The lowest BCUT2D eigenvalue weighted by Crippen LogP contribution is -2.59. The summed E-state index contributed by atoms with van der Waals surface area (Å²) < 4.78 is 0.939. The molecule has 1 aromatic rings. The monoisotopic (exact) mass is 307 g/mol. The van der Waals surface area contributed by atoms with Gasteiger partial charge in [-0.25, -0.2) is 0 Å². The van der Waals surface area contributed by atoms with Crippen LogP contribution >= 0.6 is 15.9 Å². The van der Waals surface area contributed by atoms with Crippen LogP contribution < -0.4 is 10.2 Å². The Bertz CT molecular complexity index is 497. The third-order valence-corrected chi connectivity index (χ3v) is 3.77. The average Bonchev–Trinajstić information content (AvgIpc) is 2.36. The molecule has 2 atom stereocenters. The molecule has 0 aliphatic carbocycles. The first-order valence-electron chi connectivity index (χ1n) is 5.82. The number of halogens is 1. The fraction of sp³-hybridized carbons (Fsp3) is 0.385. The van der Waals surface area contributed by atoms with Crippen molar-refractivity contribution in [2.24, 2.45) is 0 Å². The molecule has 1 amide bonds. The van der Waals surface area contributed by atoms with E-state index < -0.39 is 6.04 Å². The molecule has 0 radical (unpaired) electrons. The molecule has 1 aromatic carbocycles. The fourth-order valence-corrected chi connectivity index (χ4v) is 2.73. The summed E-state index contributed by atoms with van der Waals surface area (Å²) in [6.45, 7) is 2.64. The summed E-state index contributed by atoms with van der Waals surface area (Å²) in [6.07, 6.45) is 0.192. The van der Waals surface area contributed by atoms with Crippen LogP contribution in [0.5, 0.6) is 0 Å². The summed E-state index contributed by atoms with van der Waals surface area (Å²) in [7, 11) is 0. The lowest BCUT2D eigenvalue weighted by molar-refractivity contribution is -0.123. The Balaban J connectivity index is 2.40. The highest BCUT2D eigenvalue weighted by Gasteiger charge is 2.34. The Morgan fingerprint density at radius 2 is 2.28 bits per heavy atom. The Morgan fingerprint density at radius 1 is 1.56 bits per heavy atom. The number of nitrogens with one attached hydrogen (secondary N) is 1. The first-order valence-corrected chi connectivity index (χ1v) is 6.62. The molecule has 18 heavy (non-hydrogen) atoms. The molecule has 5 heteroatoms. The number of piperazine rings is 1. The predicted octanol–water partition coefficient (Wildman–Crippen LogP) is 2.06. The van der Waals surface area contributed by atoms with Gasteiger partial charge in [0.1, 0.15) is 6.04 Å². The Hall–Kier alpha value is -1.54. The van der Waals surface area contributed by atoms with Crippen LogP contribution in [0.2, 0.25) is 0 Å². The molecule has 94 valence electrons. The van der Waals surface area contributed by atoms with Crippen LogP contribution in [-0.2, 0) is 4.79 Å². The van der Waals surface area contributed by atoms with Gasteiger partial charge in [0, 0.05) is 17.1 Å². The molecular formula is C13H14BrN3O. The lowest BCUT2D eigenvalue weighted by Gasteiger charge is -2.41. The lowest BCUT2D eigenvalue weighted by atomic mass is 10.0. The number of carbonyl (C=O) groups excluding carboxylic acids is 1. The number of rotatable bonds is 2. The summed E-state index contributed by atoms with van der Waals surface area (Å²) in [5, 5.41) is 11.7. The minimum absolute atomic E-state index is 0.0783. The van der Waals surface area contributed by atoms with Gasteiger partial charge in [0.15, 0.2) is 0 Å². The van der Waals surface area contributed by atoms with Crippen molar-refractivity contribution in [3.8, 4) is 6.07 Å². The Kier molecular flexibility index (Phi) is 3.87. The van der Waals surface area contributed by atoms with Crippen molar-refractivity contribution in [1.29, 1.82) is 5.26 Å². The summed E-state index contributed by atoms with van der Waals surface area (Å²) in [5.74, 6) is -0.0783. The van der Waals surface area contributed by atoms with Crippen LogP contribution in [0.25, 0.3) is 0 Å². The minimum Gasteiger partial charge on any atom is -0.353 e. The molecule has 1 aliphatic rings. The van der Waals surface area contributed by atoms with E-state index in [0.29, 0.717) is 6.54 Å². The third-order valence-electron chi connectivity index (χ3n) is 3.10. The number of nitriles is 1. The first kappa shape index (κ1) is 12.9. The number of benzene rings is 1. The maximum Gasteiger partial charge on any atom is 0.243 e. The maximum atomic E-state index is 11.9. The highest BCUT2D eigenvalue weighted by atomic mass is 79.9. The van der Waals surface area contributed by atoms with Crippen molar-refractivity contribution in [3.63, 3.8) is 0 Å². The highest BCUT2D eigenvalue weighted by molar-refractivity contribution is 9.10. The van der Waals surface area contributed by atoms with Gasteiger partial charge in [-0.15, -0.1) is 0 Å². The zero-order valence-electron chi connectivity index (χ0n) is 10.1. The zero-order chi connectivity index (χ0) is 13.1. The van der Waals surface area contributed by atoms with E-state index in [9.17, 15) is 4.79 Å². The second-order valence-electron chi connectivity index (χ2n) is 4.33. The Morgan fingerprint density at radius 3 is 2.94 bits per heavy atom. The number of amides is 1. The molecule has 0 bridgehead atoms. The van der Waals surface area contributed by atoms with Gasteiger partial charge in [0.2, 0.25) is 5.91 Å². The number of carbonyl (C=O) groups is 1. The van der Waals surface area contributed by atoms with Gasteiger partial charge in [0.05, 0.1) is 18.2 Å². The van der Waals surface area contributed by atoms with Gasteiger partial charge in [-0.05, 0) is 35.0 Å². The van der Waals surface area contributed by atoms with Gasteiger partial charge in [0.25, 0.3) is 0 Å². The van der Waals surface area contributed by atoms with Crippen molar-refractivity contribution < 1.29 is 4.79 Å². The molecular weight excluding hydrogens is 294 g/mol. The van der Waals surface area contributed by atoms with Gasteiger partial charge in [-0.2, -0.15) is 5.26 Å². The summed E-state index contributed by atoms with van der Waals surface area (Å²) in [6, 6.07) is 9.61. The van der Waals surface area contributed by atoms with Gasteiger partial charge >= 0.3 is 0 Å². The summed E-state index contributed by atoms with van der Waals surface area (Å²) >= 11 is 3.50. The minimum atomic E-state index is -0.419. The normalized spacial score (nSPS) is 23.4. The molecule has 2 unspecified atom stereocenters. The summed E-state index contributed by atoms with van der Waals surface area (Å²) in [5.41, 5.74) is 0.958. The van der Waals surface area contributed by atoms with Gasteiger partial charge in [-0.3, -0.25) is 4.79 Å². The molecule has 1 fully saturated rings. The zero-order valence-corrected chi connectivity index (χ0v) is 11.6. The molecule has 1 saturated heterocycles. The molecule has 1 heterocycles. The van der Waals surface area contributed by atoms with Crippen LogP contribution in [0, 0.1) is 11.3 Å². The van der Waals surface area contributed by atoms with E-state index in [2.05, 4.69) is 27.3 Å². The standard InChI is InChI=1S/C13H14BrN3O/c1-9-8-16-13(18)12(6-7-15)17(9)11-5-3-2-4-10(11)14/h2-5,9,12H,6,8H2,1H3,(H,16,18). The van der Waals surface area contributed by atoms with Crippen molar-refractivity contribution in [2.75, 3.05) is 11.4 Å². The average molecular weight is 308 g/mol. The van der Waals surface area contributed by atoms with Crippen molar-refractivity contribution >= 4 is 27.5 Å². The first-order chi connectivity index (χ1) is 8.65. The topological polar surface area (TPSA) is 56.1 Å². The van der Waals surface area contributed by atoms with Crippen molar-refractivity contribution in [2.45, 2.75) is 25.4 Å². The van der Waals surface area contributed by atoms with Crippen molar-refractivity contribution in [1.82, 2.24) is 5.32 Å².